The molecule has 0 fully saturated rings. The molecule has 104 valence electrons. The van der Waals surface area contributed by atoms with Gasteiger partial charge in [-0.2, -0.15) is 8.78 Å². The number of nitrogens with zero attached hydrogens (tertiary/aromatic N) is 1. The average Bonchev–Trinajstić information content (AvgIpc) is 2.28. The van der Waals surface area contributed by atoms with Crippen molar-refractivity contribution in [2.75, 3.05) is 0 Å². The number of nitro benzene ring substituents is 1. The molecule has 1 rings (SSSR count). The predicted molar refractivity (Wildman–Crippen MR) is 61.8 cm³/mol. The number of non-ortho nitro benzene ring substituents is 1. The summed E-state index contributed by atoms with van der Waals surface area (Å²) in [5, 5.41) is 20.0. The van der Waals surface area contributed by atoms with Crippen LogP contribution in [-0.4, -0.2) is 21.9 Å². The molecule has 0 saturated carbocycles. The number of alkyl halides is 2. The third-order valence-corrected chi connectivity index (χ3v) is 2.94. The first-order chi connectivity index (χ1) is 8.51. The Morgan fingerprint density at radius 2 is 2.05 bits per heavy atom. The van der Waals surface area contributed by atoms with Crippen LogP contribution in [0.5, 0.6) is 0 Å². The summed E-state index contributed by atoms with van der Waals surface area (Å²) in [7, 11) is 0. The Morgan fingerprint density at radius 3 is 2.47 bits per heavy atom. The largest absolute Gasteiger partial charge is 0.378 e. The zero-order valence-electron chi connectivity index (χ0n) is 9.56. The van der Waals surface area contributed by atoms with Crippen molar-refractivity contribution < 1.29 is 23.6 Å². The number of aliphatic hydroxyl groups is 1. The lowest BCUT2D eigenvalue weighted by Gasteiger charge is -2.31. The number of carbonyl (C=O) groups is 1. The van der Waals surface area contributed by atoms with Gasteiger partial charge in [0.15, 0.2) is 5.60 Å². The molecule has 6 nitrogen and oxygen atoms in total. The zero-order valence-corrected chi connectivity index (χ0v) is 10.3. The van der Waals surface area contributed by atoms with Crippen molar-refractivity contribution in [2.24, 2.45) is 5.73 Å². The van der Waals surface area contributed by atoms with Gasteiger partial charge >= 0.3 is 5.92 Å². The fraction of sp³-hybridized carbons (Fsp3) is 0.300. The van der Waals surface area contributed by atoms with Crippen LogP contribution in [0.2, 0.25) is 5.02 Å². The van der Waals surface area contributed by atoms with Gasteiger partial charge in [-0.1, -0.05) is 11.6 Å². The van der Waals surface area contributed by atoms with Gasteiger partial charge in [-0.25, -0.2) is 0 Å². The first kappa shape index (κ1) is 15.3. The van der Waals surface area contributed by atoms with Crippen LogP contribution in [0.1, 0.15) is 12.5 Å². The van der Waals surface area contributed by atoms with Crippen LogP contribution in [-0.2, 0) is 10.4 Å². The van der Waals surface area contributed by atoms with Gasteiger partial charge in [0.05, 0.1) is 4.92 Å². The van der Waals surface area contributed by atoms with E-state index in [1.54, 1.807) is 0 Å². The molecule has 19 heavy (non-hydrogen) atoms. The van der Waals surface area contributed by atoms with Gasteiger partial charge in [-0.05, 0) is 13.0 Å². The lowest BCUT2D eigenvalue weighted by atomic mass is 9.88. The summed E-state index contributed by atoms with van der Waals surface area (Å²) in [5.74, 6) is -6.41. The molecular weight excluding hydrogens is 286 g/mol. The normalized spacial score (nSPS) is 14.8. The Bertz CT molecular complexity index is 548. The Kier molecular flexibility index (Phi) is 3.78. The SMILES string of the molecule is C[C@@](O)(c1cc([N+](=O)[O-])ccc1Cl)C(F)(F)C(N)=O. The van der Waals surface area contributed by atoms with Gasteiger partial charge in [-0.3, -0.25) is 14.9 Å². The van der Waals surface area contributed by atoms with Gasteiger partial charge in [0, 0.05) is 22.7 Å². The minimum Gasteiger partial charge on any atom is -0.378 e. The molecule has 1 aromatic rings. The number of benzene rings is 1. The van der Waals surface area contributed by atoms with E-state index in [0.717, 1.165) is 12.1 Å². The molecule has 0 aliphatic heterocycles. The quantitative estimate of drug-likeness (QED) is 0.649. The zero-order chi connectivity index (χ0) is 15.0. The van der Waals surface area contributed by atoms with Crippen molar-refractivity contribution >= 4 is 23.2 Å². The fourth-order valence-electron chi connectivity index (χ4n) is 1.41. The van der Waals surface area contributed by atoms with Gasteiger partial charge in [-0.15, -0.1) is 0 Å². The highest BCUT2D eigenvalue weighted by atomic mass is 35.5. The van der Waals surface area contributed by atoms with Crippen LogP contribution in [0, 0.1) is 10.1 Å². The van der Waals surface area contributed by atoms with Crippen LogP contribution in [0.4, 0.5) is 14.5 Å². The highest BCUT2D eigenvalue weighted by molar-refractivity contribution is 6.31. The molecule has 3 N–H and O–H groups in total. The Hall–Kier alpha value is -1.80. The number of primary amides is 1. The molecular formula is C10H9ClF2N2O4. The number of hydrogen-bond acceptors (Lipinski definition) is 4. The molecule has 0 spiro atoms. The predicted octanol–water partition coefficient (Wildman–Crippen LogP) is 1.58. The second-order valence-electron chi connectivity index (χ2n) is 3.93. The van der Waals surface area contributed by atoms with Crippen molar-refractivity contribution in [3.05, 3.63) is 38.9 Å². The monoisotopic (exact) mass is 294 g/mol. The third kappa shape index (κ3) is 2.49. The summed E-state index contributed by atoms with van der Waals surface area (Å²) >= 11 is 5.63. The number of nitrogens with two attached hydrogens (primary N) is 1. The van der Waals surface area contributed by atoms with E-state index in [0.29, 0.717) is 13.0 Å². The van der Waals surface area contributed by atoms with Crippen molar-refractivity contribution in [1.82, 2.24) is 0 Å². The lowest BCUT2D eigenvalue weighted by molar-refractivity contribution is -0.385. The minimum atomic E-state index is -4.34. The van der Waals surface area contributed by atoms with Gasteiger partial charge in [0.2, 0.25) is 0 Å². The van der Waals surface area contributed by atoms with E-state index in [2.05, 4.69) is 5.73 Å². The number of carbonyl (C=O) groups excluding carboxylic acids is 1. The lowest BCUT2D eigenvalue weighted by Crippen LogP contribution is -2.52. The van der Waals surface area contributed by atoms with Gasteiger partial charge < -0.3 is 10.8 Å². The number of halogens is 3. The molecule has 0 aromatic heterocycles. The van der Waals surface area contributed by atoms with Crippen LogP contribution < -0.4 is 5.73 Å². The van der Waals surface area contributed by atoms with Gasteiger partial charge in [0.1, 0.15) is 0 Å². The molecule has 0 heterocycles. The molecule has 0 unspecified atom stereocenters. The highest BCUT2D eigenvalue weighted by Crippen LogP contribution is 2.41. The van der Waals surface area contributed by atoms with E-state index in [-0.39, 0.29) is 5.02 Å². The number of nitro groups is 1. The van der Waals surface area contributed by atoms with Crippen molar-refractivity contribution in [3.8, 4) is 0 Å². The molecule has 0 aliphatic rings. The molecule has 0 aliphatic carbocycles. The third-order valence-electron chi connectivity index (χ3n) is 2.61. The maximum atomic E-state index is 13.6. The molecule has 1 aromatic carbocycles. The van der Waals surface area contributed by atoms with E-state index >= 15 is 0 Å². The summed E-state index contributed by atoms with van der Waals surface area (Å²) in [6, 6.07) is 2.62. The van der Waals surface area contributed by atoms with E-state index < -0.39 is 33.6 Å². The second-order valence-corrected chi connectivity index (χ2v) is 4.34. The molecule has 0 radical (unpaired) electrons. The number of rotatable bonds is 4. The summed E-state index contributed by atoms with van der Waals surface area (Å²) in [5.41, 5.74) is 0.233. The van der Waals surface area contributed by atoms with Crippen LogP contribution >= 0.6 is 11.6 Å². The second kappa shape index (κ2) is 4.71. The maximum Gasteiger partial charge on any atom is 0.356 e. The molecule has 1 amide bonds. The van der Waals surface area contributed by atoms with E-state index in [9.17, 15) is 28.8 Å². The van der Waals surface area contributed by atoms with Crippen molar-refractivity contribution in [2.45, 2.75) is 18.4 Å². The number of hydrogen-bond donors (Lipinski definition) is 2. The number of amides is 1. The summed E-state index contributed by atoms with van der Waals surface area (Å²) in [4.78, 5) is 20.4. The first-order valence-corrected chi connectivity index (χ1v) is 5.24. The van der Waals surface area contributed by atoms with Gasteiger partial charge in [0.25, 0.3) is 11.6 Å². The van der Waals surface area contributed by atoms with E-state index in [1.165, 1.54) is 0 Å². The molecule has 1 atom stereocenters. The standard InChI is InChI=1S/C10H9ClF2N2O4/c1-9(17,10(12,13)8(14)16)6-4-5(15(18)19)2-3-7(6)11/h2-4,17H,1H3,(H2,14,16)/t9-/m1/s1. The van der Waals surface area contributed by atoms with Crippen LogP contribution in [0.25, 0.3) is 0 Å². The van der Waals surface area contributed by atoms with E-state index in [1.807, 2.05) is 0 Å². The molecule has 9 heteroatoms. The van der Waals surface area contributed by atoms with Crippen LogP contribution in [0.15, 0.2) is 18.2 Å². The Morgan fingerprint density at radius 1 is 1.53 bits per heavy atom. The topological polar surface area (TPSA) is 106 Å². The fourth-order valence-corrected chi connectivity index (χ4v) is 1.71. The highest BCUT2D eigenvalue weighted by Gasteiger charge is 2.56. The van der Waals surface area contributed by atoms with Crippen LogP contribution in [0.3, 0.4) is 0 Å². The van der Waals surface area contributed by atoms with E-state index in [4.69, 9.17) is 11.6 Å². The molecule has 0 saturated heterocycles. The summed E-state index contributed by atoms with van der Waals surface area (Å²) < 4.78 is 27.1. The smallest absolute Gasteiger partial charge is 0.356 e. The molecule has 0 bridgehead atoms. The van der Waals surface area contributed by atoms with Crippen molar-refractivity contribution in [3.63, 3.8) is 0 Å². The van der Waals surface area contributed by atoms with Crippen molar-refractivity contribution in [1.29, 1.82) is 0 Å². The first-order valence-electron chi connectivity index (χ1n) is 4.86. The Balaban J connectivity index is 3.47. The minimum absolute atomic E-state index is 0.350. The maximum absolute atomic E-state index is 13.6. The Labute approximate surface area is 110 Å². The average molecular weight is 295 g/mol. The summed E-state index contributed by atoms with van der Waals surface area (Å²) in [6.45, 7) is 0.600. The summed E-state index contributed by atoms with van der Waals surface area (Å²) in [6.07, 6.45) is 0.